The van der Waals surface area contributed by atoms with Crippen LogP contribution in [0.3, 0.4) is 0 Å². The minimum atomic E-state index is -0.678. The molecule has 0 aliphatic heterocycles. The maximum absolute atomic E-state index is 12.0. The van der Waals surface area contributed by atoms with Gasteiger partial charge >= 0.3 is 0 Å². The molecule has 0 unspecified atom stereocenters. The zero-order chi connectivity index (χ0) is 40.9. The third-order valence-corrected chi connectivity index (χ3v) is 12.4. The standard InChI is InChI=1S/C54H52N3O.Pt/c1-32(2)36-27-33(3)51(34(4)28-36)57(39-16-13-15-35(29-39)46-18-11-12-26-55-46)48-25-24-43-50(56-48)49-42(17-14-19-47(49)58)54(43)44-30-37(52(5,6)7)20-22-40(44)41-23-21-38(31-45(41)54)53(8,9)10;/h11-28,30-32,58H,1-10H3;/q-1;. The monoisotopic (exact) mass is 953 g/mol. The summed E-state index contributed by atoms with van der Waals surface area (Å²) >= 11 is 0. The zero-order valence-electron chi connectivity index (χ0n) is 35.7. The molecule has 59 heavy (non-hydrogen) atoms. The Morgan fingerprint density at radius 1 is 0.661 bits per heavy atom. The molecular formula is C54H52N3OPt-. The summed E-state index contributed by atoms with van der Waals surface area (Å²) in [6.07, 6.45) is 1.82. The van der Waals surface area contributed by atoms with E-state index in [9.17, 15) is 5.11 Å². The van der Waals surface area contributed by atoms with Crippen LogP contribution in [0.1, 0.15) is 111 Å². The summed E-state index contributed by atoms with van der Waals surface area (Å²) in [4.78, 5) is 12.6. The molecule has 2 aliphatic carbocycles. The van der Waals surface area contributed by atoms with Gasteiger partial charge in [-0.25, -0.2) is 4.98 Å². The van der Waals surface area contributed by atoms with E-state index < -0.39 is 5.41 Å². The number of aromatic hydroxyl groups is 1. The van der Waals surface area contributed by atoms with Crippen molar-refractivity contribution >= 4 is 17.2 Å². The number of phenolic OH excluding ortho intramolecular Hbond substituents is 1. The molecule has 300 valence electrons. The number of fused-ring (bicyclic) bond motifs is 10. The van der Waals surface area contributed by atoms with Crippen LogP contribution in [0, 0.1) is 19.9 Å². The molecule has 5 heteroatoms. The normalized spacial score (nSPS) is 13.5. The predicted octanol–water partition coefficient (Wildman–Crippen LogP) is 13.8. The first-order valence-corrected chi connectivity index (χ1v) is 20.6. The smallest absolute Gasteiger partial charge is 0.136 e. The van der Waals surface area contributed by atoms with Crippen molar-refractivity contribution in [2.45, 2.75) is 91.4 Å². The number of benzene rings is 5. The van der Waals surface area contributed by atoms with Gasteiger partial charge in [0.25, 0.3) is 0 Å². The Morgan fingerprint density at radius 2 is 1.29 bits per heavy atom. The van der Waals surface area contributed by atoms with Crippen LogP contribution in [0.2, 0.25) is 0 Å². The first-order chi connectivity index (χ1) is 27.6. The number of rotatable bonds is 5. The van der Waals surface area contributed by atoms with Crippen LogP contribution >= 0.6 is 0 Å². The fraction of sp³-hybridized carbons (Fsp3) is 0.259. The molecule has 0 bridgehead atoms. The van der Waals surface area contributed by atoms with Crippen molar-refractivity contribution in [3.8, 4) is 39.4 Å². The van der Waals surface area contributed by atoms with Crippen molar-refractivity contribution in [3.63, 3.8) is 0 Å². The van der Waals surface area contributed by atoms with Gasteiger partial charge in [-0.1, -0.05) is 134 Å². The van der Waals surface area contributed by atoms with E-state index in [4.69, 9.17) is 4.98 Å². The molecule has 0 amide bonds. The van der Waals surface area contributed by atoms with Crippen molar-refractivity contribution < 1.29 is 26.2 Å². The molecule has 2 aromatic heterocycles. The van der Waals surface area contributed by atoms with Gasteiger partial charge in [-0.2, -0.15) is 0 Å². The average Bonchev–Trinajstić information content (AvgIpc) is 3.65. The van der Waals surface area contributed by atoms with Crippen molar-refractivity contribution in [3.05, 3.63) is 178 Å². The van der Waals surface area contributed by atoms with Crippen molar-refractivity contribution in [2.24, 2.45) is 0 Å². The maximum atomic E-state index is 12.0. The Labute approximate surface area is 364 Å². The van der Waals surface area contributed by atoms with Gasteiger partial charge in [0.15, 0.2) is 0 Å². The van der Waals surface area contributed by atoms with E-state index in [1.165, 1.54) is 38.9 Å². The summed E-state index contributed by atoms with van der Waals surface area (Å²) in [6, 6.07) is 45.1. The molecule has 2 aliphatic rings. The number of hydrogen-bond acceptors (Lipinski definition) is 4. The summed E-state index contributed by atoms with van der Waals surface area (Å²) in [5.41, 5.74) is 17.7. The van der Waals surface area contributed by atoms with Crippen LogP contribution in [0.4, 0.5) is 17.2 Å². The minimum absolute atomic E-state index is 0. The van der Waals surface area contributed by atoms with Gasteiger partial charge < -0.3 is 15.0 Å². The zero-order valence-corrected chi connectivity index (χ0v) is 38.0. The molecule has 0 radical (unpaired) electrons. The average molecular weight is 954 g/mol. The van der Waals surface area contributed by atoms with E-state index in [0.29, 0.717) is 5.92 Å². The van der Waals surface area contributed by atoms with Crippen LogP contribution in [0.25, 0.3) is 33.6 Å². The van der Waals surface area contributed by atoms with Crippen LogP contribution in [0.15, 0.2) is 121 Å². The summed E-state index contributed by atoms with van der Waals surface area (Å²) in [6.45, 7) is 22.6. The van der Waals surface area contributed by atoms with E-state index in [1.54, 1.807) is 0 Å². The summed E-state index contributed by atoms with van der Waals surface area (Å²) < 4.78 is 0. The molecule has 4 nitrogen and oxygen atoms in total. The van der Waals surface area contributed by atoms with Gasteiger partial charge in [0, 0.05) is 32.8 Å². The summed E-state index contributed by atoms with van der Waals surface area (Å²) in [5.74, 6) is 1.38. The van der Waals surface area contributed by atoms with Crippen LogP contribution in [-0.4, -0.2) is 15.1 Å². The Bertz CT molecular complexity index is 2690. The second kappa shape index (κ2) is 14.5. The Balaban J connectivity index is 0.00000484. The molecule has 0 fully saturated rings. The SMILES string of the molecule is Cc1cc(C(C)C)cc(C)c1N(c1[c-]c(-c2ccccn2)ccc1)c1ccc2c(n1)-c1c(O)cccc1C21c2cc(C(C)(C)C)ccc2-c2ccc(C(C)(C)C)cc21.[Pt]. The quantitative estimate of drug-likeness (QED) is 0.175. The number of anilines is 3. The molecule has 0 saturated heterocycles. The topological polar surface area (TPSA) is 49.2 Å². The molecule has 5 aromatic carbocycles. The Kier molecular flexibility index (Phi) is 9.91. The third-order valence-electron chi connectivity index (χ3n) is 12.4. The van der Waals surface area contributed by atoms with Crippen LogP contribution in [-0.2, 0) is 37.3 Å². The molecule has 2 heterocycles. The summed E-state index contributed by atoms with van der Waals surface area (Å²) in [7, 11) is 0. The number of nitrogens with zero attached hydrogens (tertiary/aromatic N) is 3. The van der Waals surface area contributed by atoms with Crippen molar-refractivity contribution in [2.75, 3.05) is 4.90 Å². The Morgan fingerprint density at radius 3 is 1.86 bits per heavy atom. The van der Waals surface area contributed by atoms with E-state index in [1.807, 2.05) is 36.5 Å². The molecular weight excluding hydrogens is 902 g/mol. The molecule has 9 rings (SSSR count). The molecule has 1 N–H and O–H groups in total. The molecule has 1 spiro atoms. The van der Waals surface area contributed by atoms with E-state index in [-0.39, 0.29) is 37.6 Å². The fourth-order valence-corrected chi connectivity index (χ4v) is 9.44. The van der Waals surface area contributed by atoms with Crippen molar-refractivity contribution in [1.82, 2.24) is 9.97 Å². The van der Waals surface area contributed by atoms with E-state index >= 15 is 0 Å². The van der Waals surface area contributed by atoms with Gasteiger partial charge in [0.1, 0.15) is 11.6 Å². The fourth-order valence-electron chi connectivity index (χ4n) is 9.44. The third kappa shape index (κ3) is 6.38. The van der Waals surface area contributed by atoms with Gasteiger partial charge in [-0.3, -0.25) is 0 Å². The van der Waals surface area contributed by atoms with Gasteiger partial charge in [-0.05, 0) is 121 Å². The van der Waals surface area contributed by atoms with E-state index in [2.05, 4.69) is 170 Å². The van der Waals surface area contributed by atoms with Crippen molar-refractivity contribution in [1.29, 1.82) is 0 Å². The van der Waals surface area contributed by atoms with Gasteiger partial charge in [-0.15, -0.1) is 29.8 Å². The maximum Gasteiger partial charge on any atom is 0.136 e. The second-order valence-electron chi connectivity index (χ2n) is 18.7. The molecule has 7 aromatic rings. The molecule has 0 atom stereocenters. The van der Waals surface area contributed by atoms with Crippen LogP contribution in [0.5, 0.6) is 5.75 Å². The largest absolute Gasteiger partial charge is 0.507 e. The van der Waals surface area contributed by atoms with Gasteiger partial charge in [0.05, 0.1) is 16.8 Å². The number of phenols is 1. The predicted molar refractivity (Wildman–Crippen MR) is 240 cm³/mol. The second-order valence-corrected chi connectivity index (χ2v) is 18.7. The summed E-state index contributed by atoms with van der Waals surface area (Å²) in [5, 5.41) is 12.0. The van der Waals surface area contributed by atoms with E-state index in [0.717, 1.165) is 62.0 Å². The minimum Gasteiger partial charge on any atom is -0.507 e. The Hall–Kier alpha value is -5.31. The van der Waals surface area contributed by atoms with Gasteiger partial charge in [0.2, 0.25) is 0 Å². The van der Waals surface area contributed by atoms with Crippen LogP contribution < -0.4 is 4.90 Å². The number of hydrogen-bond donors (Lipinski definition) is 1. The molecule has 0 saturated carbocycles. The first kappa shape index (κ1) is 40.5. The number of aryl methyl sites for hydroxylation is 2. The number of pyridine rings is 2. The number of aromatic nitrogens is 2. The first-order valence-electron chi connectivity index (χ1n) is 20.6.